The first kappa shape index (κ1) is 21.1. The van der Waals surface area contributed by atoms with Crippen LogP contribution in [-0.2, 0) is 16.4 Å². The number of rotatable bonds is 6. The second kappa shape index (κ2) is 8.03. The summed E-state index contributed by atoms with van der Waals surface area (Å²) in [6.45, 7) is 2.06. The highest BCUT2D eigenvalue weighted by Gasteiger charge is 2.46. The molecule has 0 aliphatic carbocycles. The Balaban J connectivity index is 1.86. The van der Waals surface area contributed by atoms with Crippen molar-refractivity contribution in [2.24, 2.45) is 0 Å². The molecule has 0 bridgehead atoms. The third-order valence-corrected chi connectivity index (χ3v) is 5.40. The van der Waals surface area contributed by atoms with Gasteiger partial charge in [0.25, 0.3) is 0 Å². The molecule has 1 aromatic carbocycles. The van der Waals surface area contributed by atoms with Gasteiger partial charge in [0.15, 0.2) is 0 Å². The quantitative estimate of drug-likeness (QED) is 0.559. The van der Waals surface area contributed by atoms with Crippen molar-refractivity contribution in [2.45, 2.75) is 25.3 Å². The van der Waals surface area contributed by atoms with E-state index in [2.05, 4.69) is 21.9 Å². The molecule has 3 aromatic rings. The van der Waals surface area contributed by atoms with Crippen molar-refractivity contribution in [3.63, 3.8) is 0 Å². The molecule has 0 unspecified atom stereocenters. The van der Waals surface area contributed by atoms with Crippen LogP contribution in [0.15, 0.2) is 42.7 Å². The Kier molecular flexibility index (Phi) is 5.85. The van der Waals surface area contributed by atoms with Gasteiger partial charge in [-0.15, -0.1) is 0 Å². The van der Waals surface area contributed by atoms with Crippen LogP contribution in [0.4, 0.5) is 18.9 Å². The van der Waals surface area contributed by atoms with Gasteiger partial charge in [-0.25, -0.2) is 4.98 Å². The summed E-state index contributed by atoms with van der Waals surface area (Å²) in [7, 11) is -5.55. The smallest absolute Gasteiger partial charge is 0.344 e. The van der Waals surface area contributed by atoms with Crippen molar-refractivity contribution >= 4 is 27.3 Å². The van der Waals surface area contributed by atoms with Gasteiger partial charge in [0.2, 0.25) is 0 Å². The summed E-state index contributed by atoms with van der Waals surface area (Å²) in [6, 6.07) is 7.65. The lowest BCUT2D eigenvalue weighted by molar-refractivity contribution is -0.0429. The number of anilines is 1. The molecule has 2 heterocycles. The molecule has 0 saturated heterocycles. The Morgan fingerprint density at radius 1 is 1.17 bits per heavy atom. The number of hydrogen-bond donors (Lipinski definition) is 2. The third kappa shape index (κ3) is 4.70. The number of aromatic amines is 1. The van der Waals surface area contributed by atoms with Gasteiger partial charge in [-0.1, -0.05) is 31.0 Å². The monoisotopic (exact) mass is 444 g/mol. The van der Waals surface area contributed by atoms with Crippen molar-refractivity contribution in [2.75, 3.05) is 4.72 Å². The first-order valence-electron chi connectivity index (χ1n) is 8.50. The van der Waals surface area contributed by atoms with Gasteiger partial charge < -0.3 is 4.98 Å². The number of benzene rings is 1. The minimum Gasteiger partial charge on any atom is -0.344 e. The van der Waals surface area contributed by atoms with Gasteiger partial charge in [-0.05, 0) is 30.7 Å². The number of pyridine rings is 1. The predicted molar refractivity (Wildman–Crippen MR) is 105 cm³/mol. The molecule has 0 saturated carbocycles. The number of aromatic nitrogens is 3. The standard InChI is InChI=1S/C18H16ClF3N4O2S/c1-2-3-13-8-12(6-7-23-13)17-24-10-16(25-17)11-4-5-15(14(19)9-11)26-29(27,28)18(20,21)22/h4-10,26H,2-3H2,1H3,(H,24,25). The molecule has 11 heteroatoms. The summed E-state index contributed by atoms with van der Waals surface area (Å²) in [5.41, 5.74) is -3.02. The summed E-state index contributed by atoms with van der Waals surface area (Å²) in [6.07, 6.45) is 5.12. The number of imidazole rings is 1. The number of nitrogens with zero attached hydrogens (tertiary/aromatic N) is 2. The summed E-state index contributed by atoms with van der Waals surface area (Å²) >= 11 is 5.97. The van der Waals surface area contributed by atoms with Gasteiger partial charge in [0.05, 0.1) is 16.4 Å². The van der Waals surface area contributed by atoms with E-state index < -0.39 is 15.5 Å². The molecule has 3 rings (SSSR count). The molecular weight excluding hydrogens is 429 g/mol. The maximum atomic E-state index is 12.5. The van der Waals surface area contributed by atoms with E-state index in [0.29, 0.717) is 17.1 Å². The van der Waals surface area contributed by atoms with Crippen molar-refractivity contribution in [3.8, 4) is 22.6 Å². The van der Waals surface area contributed by atoms with Crippen molar-refractivity contribution in [1.82, 2.24) is 15.0 Å². The highest BCUT2D eigenvalue weighted by atomic mass is 35.5. The minimum atomic E-state index is -5.55. The van der Waals surface area contributed by atoms with E-state index in [1.54, 1.807) is 12.4 Å². The molecule has 0 aliphatic rings. The van der Waals surface area contributed by atoms with Crippen LogP contribution < -0.4 is 4.72 Å². The van der Waals surface area contributed by atoms with Gasteiger partial charge in [-0.2, -0.15) is 21.6 Å². The number of halogens is 4. The van der Waals surface area contributed by atoms with Gasteiger partial charge in [-0.3, -0.25) is 9.71 Å². The molecule has 2 N–H and O–H groups in total. The van der Waals surface area contributed by atoms with Gasteiger partial charge in [0.1, 0.15) is 5.82 Å². The first-order valence-corrected chi connectivity index (χ1v) is 10.4. The Morgan fingerprint density at radius 3 is 2.59 bits per heavy atom. The highest BCUT2D eigenvalue weighted by Crippen LogP contribution is 2.32. The number of nitrogens with one attached hydrogen (secondary N) is 2. The van der Waals surface area contributed by atoms with E-state index in [1.807, 2.05) is 12.1 Å². The zero-order valence-electron chi connectivity index (χ0n) is 15.1. The van der Waals surface area contributed by atoms with Crippen molar-refractivity contribution in [3.05, 3.63) is 53.4 Å². The van der Waals surface area contributed by atoms with Crippen LogP contribution in [0.2, 0.25) is 5.02 Å². The molecule has 0 amide bonds. The van der Waals surface area contributed by atoms with Crippen LogP contribution in [0.25, 0.3) is 22.6 Å². The second-order valence-corrected chi connectivity index (χ2v) is 8.25. The Morgan fingerprint density at radius 2 is 1.93 bits per heavy atom. The van der Waals surface area contributed by atoms with E-state index in [1.165, 1.54) is 16.9 Å². The lowest BCUT2D eigenvalue weighted by atomic mass is 10.1. The summed E-state index contributed by atoms with van der Waals surface area (Å²) < 4.78 is 61.5. The van der Waals surface area contributed by atoms with Crippen LogP contribution in [0.5, 0.6) is 0 Å². The van der Waals surface area contributed by atoms with Gasteiger partial charge >= 0.3 is 15.5 Å². The van der Waals surface area contributed by atoms with E-state index in [-0.39, 0.29) is 10.7 Å². The number of sulfonamides is 1. The summed E-state index contributed by atoms with van der Waals surface area (Å²) in [5, 5.41) is -0.186. The van der Waals surface area contributed by atoms with E-state index in [4.69, 9.17) is 11.6 Å². The highest BCUT2D eigenvalue weighted by molar-refractivity contribution is 7.93. The molecule has 0 atom stereocenters. The van der Waals surface area contributed by atoms with Crippen molar-refractivity contribution in [1.29, 1.82) is 0 Å². The van der Waals surface area contributed by atoms with Crippen molar-refractivity contribution < 1.29 is 21.6 Å². The van der Waals surface area contributed by atoms with Crippen LogP contribution in [0.1, 0.15) is 19.0 Å². The summed E-state index contributed by atoms with van der Waals surface area (Å²) in [5.74, 6) is 0.595. The Bertz CT molecular complexity index is 1130. The first-order chi connectivity index (χ1) is 13.6. The molecule has 29 heavy (non-hydrogen) atoms. The minimum absolute atomic E-state index is 0.186. The molecular formula is C18H16ClF3N4O2S. The van der Waals surface area contributed by atoms with Crippen LogP contribution >= 0.6 is 11.6 Å². The van der Waals surface area contributed by atoms with E-state index >= 15 is 0 Å². The van der Waals surface area contributed by atoms with Crippen LogP contribution in [-0.4, -0.2) is 28.9 Å². The molecule has 2 aromatic heterocycles. The van der Waals surface area contributed by atoms with Crippen LogP contribution in [0.3, 0.4) is 0 Å². The number of hydrogen-bond acceptors (Lipinski definition) is 4. The maximum Gasteiger partial charge on any atom is 0.516 e. The largest absolute Gasteiger partial charge is 0.516 e. The maximum absolute atomic E-state index is 12.5. The fourth-order valence-corrected chi connectivity index (χ4v) is 3.46. The average Bonchev–Trinajstić information content (AvgIpc) is 3.13. The lowest BCUT2D eigenvalue weighted by Gasteiger charge is -2.12. The van der Waals surface area contributed by atoms with E-state index in [0.717, 1.165) is 30.2 Å². The molecule has 0 spiro atoms. The second-order valence-electron chi connectivity index (χ2n) is 6.17. The molecule has 0 fully saturated rings. The Labute approximate surface area is 170 Å². The zero-order chi connectivity index (χ0) is 21.2. The number of aryl methyl sites for hydroxylation is 1. The number of H-pyrrole nitrogens is 1. The molecule has 0 aliphatic heterocycles. The average molecular weight is 445 g/mol. The topological polar surface area (TPSA) is 87.7 Å². The Hall–Kier alpha value is -2.59. The van der Waals surface area contributed by atoms with Gasteiger partial charge in [0, 0.05) is 29.2 Å². The predicted octanol–water partition coefficient (Wildman–Crippen LogP) is 5.01. The lowest BCUT2D eigenvalue weighted by Crippen LogP contribution is -2.30. The molecule has 154 valence electrons. The number of alkyl halides is 3. The fraction of sp³-hybridized carbons (Fsp3) is 0.222. The zero-order valence-corrected chi connectivity index (χ0v) is 16.7. The summed E-state index contributed by atoms with van der Waals surface area (Å²) in [4.78, 5) is 11.8. The third-order valence-electron chi connectivity index (χ3n) is 3.99. The fourth-order valence-electron chi connectivity index (χ4n) is 2.60. The SMILES string of the molecule is CCCc1cc(-c2nc(-c3ccc(NS(=O)(=O)C(F)(F)F)c(Cl)c3)c[nH]2)ccn1. The van der Waals surface area contributed by atoms with E-state index in [9.17, 15) is 21.6 Å². The van der Waals surface area contributed by atoms with Crippen LogP contribution in [0, 0.1) is 0 Å². The normalized spacial score (nSPS) is 12.2. The molecule has 0 radical (unpaired) electrons. The molecule has 6 nitrogen and oxygen atoms in total.